The Morgan fingerprint density at radius 3 is 2.48 bits per heavy atom. The standard InChI is InChI=1S/C13H13ClF4N2O/c1-11(8-5-7(14)3-4-9(8)15)6-21-12(2,10(19)20-11)13(16,17)18/h3-5H,6H2,1-2H3,(H2,19,20)/t11-,12+/m0/s1. The van der Waals surface area contributed by atoms with Crippen molar-refractivity contribution in [3.63, 3.8) is 0 Å². The molecule has 0 aromatic heterocycles. The molecule has 0 saturated carbocycles. The van der Waals surface area contributed by atoms with Crippen LogP contribution < -0.4 is 5.73 Å². The van der Waals surface area contributed by atoms with E-state index in [1.165, 1.54) is 19.1 Å². The second-order valence-corrected chi connectivity index (χ2v) is 5.65. The van der Waals surface area contributed by atoms with Gasteiger partial charge in [-0.1, -0.05) is 11.6 Å². The van der Waals surface area contributed by atoms with Crippen LogP contribution in [0.25, 0.3) is 0 Å². The Morgan fingerprint density at radius 2 is 1.95 bits per heavy atom. The second kappa shape index (κ2) is 4.84. The fraction of sp³-hybridized carbons (Fsp3) is 0.462. The fourth-order valence-electron chi connectivity index (χ4n) is 2.04. The van der Waals surface area contributed by atoms with E-state index in [0.717, 1.165) is 13.0 Å². The molecule has 8 heteroatoms. The number of rotatable bonds is 1. The summed E-state index contributed by atoms with van der Waals surface area (Å²) in [4.78, 5) is 3.86. The predicted molar refractivity (Wildman–Crippen MR) is 70.8 cm³/mol. The summed E-state index contributed by atoms with van der Waals surface area (Å²) >= 11 is 5.80. The molecule has 0 unspecified atom stereocenters. The Balaban J connectivity index is 2.51. The van der Waals surface area contributed by atoms with Gasteiger partial charge in [0.05, 0.1) is 6.61 Å². The Kier molecular flexibility index (Phi) is 3.70. The van der Waals surface area contributed by atoms with Crippen LogP contribution in [0.4, 0.5) is 17.6 Å². The first-order chi connectivity index (χ1) is 9.49. The van der Waals surface area contributed by atoms with E-state index in [2.05, 4.69) is 4.99 Å². The summed E-state index contributed by atoms with van der Waals surface area (Å²) in [5.74, 6) is -1.39. The Labute approximate surface area is 123 Å². The summed E-state index contributed by atoms with van der Waals surface area (Å²) in [6.07, 6.45) is -4.71. The lowest BCUT2D eigenvalue weighted by Crippen LogP contribution is -2.60. The average Bonchev–Trinajstić information content (AvgIpc) is 2.36. The minimum absolute atomic E-state index is 0.0298. The molecule has 0 fully saturated rings. The molecule has 1 aromatic rings. The zero-order valence-electron chi connectivity index (χ0n) is 11.3. The molecule has 1 aliphatic rings. The number of amidine groups is 1. The van der Waals surface area contributed by atoms with Crippen LogP contribution in [0.15, 0.2) is 23.2 Å². The van der Waals surface area contributed by atoms with Crippen molar-refractivity contribution in [2.75, 3.05) is 6.61 Å². The molecule has 0 radical (unpaired) electrons. The van der Waals surface area contributed by atoms with Crippen molar-refractivity contribution in [1.29, 1.82) is 0 Å². The van der Waals surface area contributed by atoms with Crippen LogP contribution >= 0.6 is 11.6 Å². The number of hydrogen-bond donors (Lipinski definition) is 1. The first-order valence-corrected chi connectivity index (χ1v) is 6.39. The lowest BCUT2D eigenvalue weighted by molar-refractivity contribution is -0.249. The van der Waals surface area contributed by atoms with Crippen LogP contribution in [-0.4, -0.2) is 24.2 Å². The Bertz CT molecular complexity index is 604. The molecule has 2 atom stereocenters. The van der Waals surface area contributed by atoms with Gasteiger partial charge in [-0.3, -0.25) is 4.99 Å². The van der Waals surface area contributed by atoms with E-state index < -0.39 is 35.6 Å². The van der Waals surface area contributed by atoms with Crippen molar-refractivity contribution < 1.29 is 22.3 Å². The molecule has 0 spiro atoms. The van der Waals surface area contributed by atoms with E-state index >= 15 is 0 Å². The number of nitrogens with two attached hydrogens (primary N) is 1. The highest BCUT2D eigenvalue weighted by Crippen LogP contribution is 2.41. The lowest BCUT2D eigenvalue weighted by Gasteiger charge is -2.41. The van der Waals surface area contributed by atoms with Crippen molar-refractivity contribution in [2.45, 2.75) is 31.2 Å². The molecule has 0 saturated heterocycles. The molecule has 2 rings (SSSR count). The van der Waals surface area contributed by atoms with Crippen LogP contribution in [-0.2, 0) is 10.3 Å². The summed E-state index contributed by atoms with van der Waals surface area (Å²) in [5.41, 5.74) is 1.43. The third-order valence-electron chi connectivity index (χ3n) is 3.55. The van der Waals surface area contributed by atoms with Crippen molar-refractivity contribution >= 4 is 17.4 Å². The number of ether oxygens (including phenoxy) is 1. The third-order valence-corrected chi connectivity index (χ3v) is 3.78. The molecule has 3 nitrogen and oxygen atoms in total. The molecule has 2 N–H and O–H groups in total. The summed E-state index contributed by atoms with van der Waals surface area (Å²) in [6.45, 7) is 1.76. The van der Waals surface area contributed by atoms with Crippen molar-refractivity contribution in [3.8, 4) is 0 Å². The van der Waals surface area contributed by atoms with Crippen molar-refractivity contribution in [1.82, 2.24) is 0 Å². The van der Waals surface area contributed by atoms with Gasteiger partial charge in [-0.2, -0.15) is 13.2 Å². The summed E-state index contributed by atoms with van der Waals surface area (Å²) in [7, 11) is 0. The number of alkyl halides is 3. The number of hydrogen-bond acceptors (Lipinski definition) is 3. The Morgan fingerprint density at radius 1 is 1.33 bits per heavy atom. The fourth-order valence-corrected chi connectivity index (χ4v) is 2.21. The van der Waals surface area contributed by atoms with Gasteiger partial charge in [0.1, 0.15) is 17.2 Å². The van der Waals surface area contributed by atoms with Crippen LogP contribution in [0.3, 0.4) is 0 Å². The number of nitrogens with zero attached hydrogens (tertiary/aromatic N) is 1. The molecule has 116 valence electrons. The highest BCUT2D eigenvalue weighted by atomic mass is 35.5. The van der Waals surface area contributed by atoms with Gasteiger partial charge in [-0.15, -0.1) is 0 Å². The minimum atomic E-state index is -4.71. The predicted octanol–water partition coefficient (Wildman–Crippen LogP) is 3.40. The zero-order valence-corrected chi connectivity index (χ0v) is 12.0. The summed E-state index contributed by atoms with van der Waals surface area (Å²) in [5, 5.41) is 0.241. The molecule has 1 heterocycles. The maximum absolute atomic E-state index is 13.9. The normalized spacial score (nSPS) is 30.1. The van der Waals surface area contributed by atoms with Crippen LogP contribution in [0.5, 0.6) is 0 Å². The zero-order chi connectivity index (χ0) is 16.1. The number of halogens is 5. The minimum Gasteiger partial charge on any atom is -0.385 e. The van der Waals surface area contributed by atoms with Crippen LogP contribution in [0.1, 0.15) is 19.4 Å². The molecule has 0 bridgehead atoms. The first kappa shape index (κ1) is 16.0. The molecular weight excluding hydrogens is 312 g/mol. The topological polar surface area (TPSA) is 47.6 Å². The van der Waals surface area contributed by atoms with E-state index in [-0.39, 0.29) is 10.6 Å². The smallest absolute Gasteiger partial charge is 0.385 e. The van der Waals surface area contributed by atoms with Crippen molar-refractivity contribution in [2.24, 2.45) is 10.7 Å². The van der Waals surface area contributed by atoms with Gasteiger partial charge in [0.25, 0.3) is 0 Å². The first-order valence-electron chi connectivity index (χ1n) is 6.02. The van der Waals surface area contributed by atoms with E-state index in [1.807, 2.05) is 0 Å². The van der Waals surface area contributed by atoms with Gasteiger partial charge >= 0.3 is 6.18 Å². The highest BCUT2D eigenvalue weighted by Gasteiger charge is 2.59. The molecule has 1 aliphatic heterocycles. The molecular formula is C13H13ClF4N2O. The molecule has 21 heavy (non-hydrogen) atoms. The van der Waals surface area contributed by atoms with Gasteiger partial charge < -0.3 is 10.5 Å². The van der Waals surface area contributed by atoms with Gasteiger partial charge in [0, 0.05) is 10.6 Å². The molecule has 0 aliphatic carbocycles. The molecule has 0 amide bonds. The van der Waals surface area contributed by atoms with E-state index in [0.29, 0.717) is 0 Å². The third kappa shape index (κ3) is 2.60. The van der Waals surface area contributed by atoms with Crippen LogP contribution in [0, 0.1) is 5.82 Å². The Hall–Kier alpha value is -1.34. The van der Waals surface area contributed by atoms with Gasteiger partial charge in [-0.25, -0.2) is 4.39 Å². The number of benzene rings is 1. The van der Waals surface area contributed by atoms with Crippen LogP contribution in [0.2, 0.25) is 5.02 Å². The van der Waals surface area contributed by atoms with Gasteiger partial charge in [-0.05, 0) is 32.0 Å². The quantitative estimate of drug-likeness (QED) is 0.805. The number of aliphatic imine (C=N–C) groups is 1. The average molecular weight is 325 g/mol. The van der Waals surface area contributed by atoms with E-state index in [4.69, 9.17) is 22.1 Å². The monoisotopic (exact) mass is 324 g/mol. The second-order valence-electron chi connectivity index (χ2n) is 5.21. The molecule has 1 aromatic carbocycles. The summed E-state index contributed by atoms with van der Waals surface area (Å²) < 4.78 is 57.8. The summed E-state index contributed by atoms with van der Waals surface area (Å²) in [6, 6.07) is 3.75. The van der Waals surface area contributed by atoms with Gasteiger partial charge in [0.15, 0.2) is 0 Å². The van der Waals surface area contributed by atoms with E-state index in [1.54, 1.807) is 0 Å². The lowest BCUT2D eigenvalue weighted by atomic mass is 9.89. The highest BCUT2D eigenvalue weighted by molar-refractivity contribution is 6.30. The largest absolute Gasteiger partial charge is 0.424 e. The van der Waals surface area contributed by atoms with Crippen molar-refractivity contribution in [3.05, 3.63) is 34.6 Å². The maximum Gasteiger partial charge on any atom is 0.424 e. The SMILES string of the molecule is C[C@@]1(c2cc(Cl)ccc2F)CO[C@@](C)(C(F)(F)F)C(N)=N1. The maximum atomic E-state index is 13.9. The van der Waals surface area contributed by atoms with E-state index in [9.17, 15) is 17.6 Å². The van der Waals surface area contributed by atoms with Gasteiger partial charge in [0.2, 0.25) is 5.60 Å².